The fourth-order valence-corrected chi connectivity index (χ4v) is 3.20. The summed E-state index contributed by atoms with van der Waals surface area (Å²) >= 11 is 0. The third kappa shape index (κ3) is 3.24. The summed E-state index contributed by atoms with van der Waals surface area (Å²) in [6, 6.07) is 7.46. The molecule has 1 fully saturated rings. The molecular weight excluding hydrogens is 246 g/mol. The number of rotatable bonds is 5. The summed E-state index contributed by atoms with van der Waals surface area (Å²) in [5, 5.41) is 3.52. The van der Waals surface area contributed by atoms with E-state index in [-0.39, 0.29) is 0 Å². The molecule has 1 heterocycles. The third-order valence-corrected chi connectivity index (χ3v) is 4.48. The van der Waals surface area contributed by atoms with Crippen molar-refractivity contribution in [2.24, 2.45) is 5.92 Å². The lowest BCUT2D eigenvalue weighted by atomic mass is 9.84. The molecule has 2 unspecified atom stereocenters. The summed E-state index contributed by atoms with van der Waals surface area (Å²) in [4.78, 5) is 0. The van der Waals surface area contributed by atoms with Gasteiger partial charge in [-0.15, -0.1) is 0 Å². The van der Waals surface area contributed by atoms with Gasteiger partial charge in [0.15, 0.2) is 0 Å². The lowest BCUT2D eigenvalue weighted by Gasteiger charge is -2.27. The summed E-state index contributed by atoms with van der Waals surface area (Å²) in [5.41, 5.74) is 4.39. The molecule has 0 radical (unpaired) electrons. The highest BCUT2D eigenvalue weighted by Crippen LogP contribution is 2.34. The Balaban J connectivity index is 2.37. The summed E-state index contributed by atoms with van der Waals surface area (Å²) in [5.74, 6) is 1.74. The monoisotopic (exact) mass is 275 g/mol. The Hall–Kier alpha value is -0.860. The molecule has 0 bridgehead atoms. The number of hydrogen-bond acceptors (Lipinski definition) is 2. The van der Waals surface area contributed by atoms with Crippen LogP contribution in [0.2, 0.25) is 0 Å². The first-order valence-electron chi connectivity index (χ1n) is 7.93. The Morgan fingerprint density at radius 3 is 2.35 bits per heavy atom. The van der Waals surface area contributed by atoms with Crippen LogP contribution in [-0.2, 0) is 4.74 Å². The van der Waals surface area contributed by atoms with Crippen molar-refractivity contribution in [2.45, 2.75) is 52.0 Å². The van der Waals surface area contributed by atoms with Gasteiger partial charge in [0, 0.05) is 18.6 Å². The summed E-state index contributed by atoms with van der Waals surface area (Å²) in [7, 11) is 2.07. The van der Waals surface area contributed by atoms with Gasteiger partial charge < -0.3 is 10.1 Å². The predicted octanol–water partition coefficient (Wildman–Crippen LogP) is 4.23. The minimum atomic E-state index is 0.413. The first-order valence-corrected chi connectivity index (χ1v) is 7.93. The highest BCUT2D eigenvalue weighted by Gasteiger charge is 2.28. The fourth-order valence-electron chi connectivity index (χ4n) is 3.20. The molecule has 0 spiro atoms. The van der Waals surface area contributed by atoms with E-state index in [9.17, 15) is 0 Å². The van der Waals surface area contributed by atoms with Crippen LogP contribution in [0.3, 0.4) is 0 Å². The molecular formula is C18H29NO. The van der Waals surface area contributed by atoms with Gasteiger partial charge in [0.1, 0.15) is 0 Å². The van der Waals surface area contributed by atoms with Crippen molar-refractivity contribution in [1.29, 1.82) is 0 Å². The van der Waals surface area contributed by atoms with Gasteiger partial charge in [-0.2, -0.15) is 0 Å². The number of hydrogen-bond donors (Lipinski definition) is 1. The maximum absolute atomic E-state index is 5.58. The minimum absolute atomic E-state index is 0.413. The van der Waals surface area contributed by atoms with Crippen LogP contribution >= 0.6 is 0 Å². The summed E-state index contributed by atoms with van der Waals surface area (Å²) in [6.45, 7) is 10.9. The molecule has 1 aliphatic rings. The zero-order chi connectivity index (χ0) is 14.7. The molecule has 0 aromatic heterocycles. The highest BCUT2D eigenvalue weighted by atomic mass is 16.5. The van der Waals surface area contributed by atoms with Crippen LogP contribution in [0, 0.1) is 5.92 Å². The third-order valence-electron chi connectivity index (χ3n) is 4.48. The minimum Gasteiger partial charge on any atom is -0.381 e. The van der Waals surface area contributed by atoms with E-state index in [0.717, 1.165) is 19.6 Å². The maximum atomic E-state index is 5.58. The van der Waals surface area contributed by atoms with Crippen molar-refractivity contribution in [1.82, 2.24) is 5.32 Å². The SMILES string of the molecule is CNC(c1ccc(C(C)C)cc1C(C)C)C1CCOC1. The van der Waals surface area contributed by atoms with E-state index < -0.39 is 0 Å². The van der Waals surface area contributed by atoms with Crippen LogP contribution in [0.4, 0.5) is 0 Å². The van der Waals surface area contributed by atoms with Crippen LogP contribution in [0.15, 0.2) is 18.2 Å². The van der Waals surface area contributed by atoms with Crippen LogP contribution in [-0.4, -0.2) is 20.3 Å². The molecule has 1 aromatic rings. The average molecular weight is 275 g/mol. The molecule has 2 nitrogen and oxygen atoms in total. The van der Waals surface area contributed by atoms with Crippen molar-refractivity contribution in [3.05, 3.63) is 34.9 Å². The average Bonchev–Trinajstić information content (AvgIpc) is 2.93. The first-order chi connectivity index (χ1) is 9.54. The molecule has 20 heavy (non-hydrogen) atoms. The Morgan fingerprint density at radius 2 is 1.85 bits per heavy atom. The smallest absolute Gasteiger partial charge is 0.0513 e. The standard InChI is InChI=1S/C18H29NO/c1-12(2)14-6-7-16(17(10-14)13(3)4)18(19-5)15-8-9-20-11-15/h6-7,10,12-13,15,18-19H,8-9,11H2,1-5H3. The van der Waals surface area contributed by atoms with Gasteiger partial charge in [-0.3, -0.25) is 0 Å². The number of nitrogens with one attached hydrogen (secondary N) is 1. The summed E-state index contributed by atoms with van der Waals surface area (Å²) in [6.07, 6.45) is 1.16. The Morgan fingerprint density at radius 1 is 1.10 bits per heavy atom. The van der Waals surface area contributed by atoms with Gasteiger partial charge in [0.05, 0.1) is 6.61 Å². The maximum Gasteiger partial charge on any atom is 0.0513 e. The molecule has 1 saturated heterocycles. The molecule has 1 N–H and O–H groups in total. The van der Waals surface area contributed by atoms with Gasteiger partial charge >= 0.3 is 0 Å². The molecule has 112 valence electrons. The van der Waals surface area contributed by atoms with Gasteiger partial charge in [-0.05, 0) is 42.0 Å². The van der Waals surface area contributed by atoms with Crippen molar-refractivity contribution in [2.75, 3.05) is 20.3 Å². The van der Waals surface area contributed by atoms with Gasteiger partial charge in [0.25, 0.3) is 0 Å². The first kappa shape index (κ1) is 15.5. The predicted molar refractivity (Wildman–Crippen MR) is 85.3 cm³/mol. The number of benzene rings is 1. The van der Waals surface area contributed by atoms with Crippen molar-refractivity contribution < 1.29 is 4.74 Å². The zero-order valence-corrected chi connectivity index (χ0v) is 13.6. The van der Waals surface area contributed by atoms with E-state index in [1.807, 2.05) is 0 Å². The highest BCUT2D eigenvalue weighted by molar-refractivity contribution is 5.38. The molecule has 2 heteroatoms. The quantitative estimate of drug-likeness (QED) is 0.868. The molecule has 0 amide bonds. The van der Waals surface area contributed by atoms with E-state index in [4.69, 9.17) is 4.74 Å². The van der Waals surface area contributed by atoms with E-state index in [0.29, 0.717) is 23.8 Å². The second-order valence-electron chi connectivity index (χ2n) is 6.59. The van der Waals surface area contributed by atoms with Gasteiger partial charge in [0.2, 0.25) is 0 Å². The van der Waals surface area contributed by atoms with E-state index in [2.05, 4.69) is 58.3 Å². The second kappa shape index (κ2) is 6.73. The molecule has 1 aliphatic heterocycles. The normalized spacial score (nSPS) is 20.9. The second-order valence-corrected chi connectivity index (χ2v) is 6.59. The van der Waals surface area contributed by atoms with Crippen molar-refractivity contribution >= 4 is 0 Å². The lowest BCUT2D eigenvalue weighted by Crippen LogP contribution is -2.27. The van der Waals surface area contributed by atoms with E-state index >= 15 is 0 Å². The summed E-state index contributed by atoms with van der Waals surface area (Å²) < 4.78 is 5.58. The molecule has 2 rings (SSSR count). The number of ether oxygens (including phenoxy) is 1. The van der Waals surface area contributed by atoms with E-state index in [1.165, 1.54) is 16.7 Å². The largest absolute Gasteiger partial charge is 0.381 e. The van der Waals surface area contributed by atoms with Crippen LogP contribution in [0.1, 0.15) is 68.7 Å². The zero-order valence-electron chi connectivity index (χ0n) is 13.6. The molecule has 1 aromatic carbocycles. The Kier molecular flexibility index (Phi) is 5.22. The van der Waals surface area contributed by atoms with Crippen molar-refractivity contribution in [3.63, 3.8) is 0 Å². The fraction of sp³-hybridized carbons (Fsp3) is 0.667. The lowest BCUT2D eigenvalue weighted by molar-refractivity contribution is 0.177. The topological polar surface area (TPSA) is 21.3 Å². The van der Waals surface area contributed by atoms with Crippen molar-refractivity contribution in [3.8, 4) is 0 Å². The molecule has 0 aliphatic carbocycles. The van der Waals surface area contributed by atoms with Crippen LogP contribution in [0.25, 0.3) is 0 Å². The van der Waals surface area contributed by atoms with Gasteiger partial charge in [-0.1, -0.05) is 45.9 Å². The molecule has 2 atom stereocenters. The molecule has 0 saturated carbocycles. The van der Waals surface area contributed by atoms with Gasteiger partial charge in [-0.25, -0.2) is 0 Å². The van der Waals surface area contributed by atoms with Crippen LogP contribution in [0.5, 0.6) is 0 Å². The Bertz CT molecular complexity index is 433. The van der Waals surface area contributed by atoms with Crippen LogP contribution < -0.4 is 5.32 Å². The Labute approximate surface area is 123 Å². The van der Waals surface area contributed by atoms with E-state index in [1.54, 1.807) is 0 Å².